The third kappa shape index (κ3) is 2.68. The number of anilines is 1. The summed E-state index contributed by atoms with van der Waals surface area (Å²) in [6.07, 6.45) is 0. The van der Waals surface area contributed by atoms with Crippen LogP contribution in [0.1, 0.15) is 9.75 Å². The van der Waals surface area contributed by atoms with Gasteiger partial charge in [-0.1, -0.05) is 11.6 Å². The molecule has 0 aliphatic carbocycles. The van der Waals surface area contributed by atoms with Gasteiger partial charge in [0, 0.05) is 32.9 Å². The monoisotopic (exact) mass is 359 g/mol. The van der Waals surface area contributed by atoms with Gasteiger partial charge in [0.2, 0.25) is 6.79 Å². The Bertz CT molecular complexity index is 610. The molecule has 1 aromatic heterocycles. The molecule has 2 heterocycles. The minimum absolute atomic E-state index is 0.256. The van der Waals surface area contributed by atoms with E-state index in [1.165, 1.54) is 9.75 Å². The molecular formula is C13H11BrClNO2S. The Kier molecular flexibility index (Phi) is 3.60. The van der Waals surface area contributed by atoms with Crippen LogP contribution in [0, 0.1) is 6.92 Å². The number of aryl methyl sites for hydroxylation is 1. The first-order valence-corrected chi connectivity index (χ1v) is 7.70. The maximum atomic E-state index is 6.21. The fourth-order valence-electron chi connectivity index (χ4n) is 1.84. The molecule has 6 heteroatoms. The zero-order valence-electron chi connectivity index (χ0n) is 10.1. The molecule has 0 bridgehead atoms. The third-order valence-electron chi connectivity index (χ3n) is 2.82. The smallest absolute Gasteiger partial charge is 0.231 e. The van der Waals surface area contributed by atoms with E-state index in [1.54, 1.807) is 17.4 Å². The number of nitrogens with one attached hydrogen (secondary N) is 1. The van der Waals surface area contributed by atoms with Crippen LogP contribution in [0.25, 0.3) is 0 Å². The molecule has 3 nitrogen and oxygen atoms in total. The topological polar surface area (TPSA) is 30.5 Å². The molecule has 1 aliphatic rings. The summed E-state index contributed by atoms with van der Waals surface area (Å²) in [7, 11) is 0. The number of thiophene rings is 1. The van der Waals surface area contributed by atoms with Gasteiger partial charge in [-0.05, 0) is 28.9 Å². The van der Waals surface area contributed by atoms with Crippen molar-refractivity contribution in [2.75, 3.05) is 12.1 Å². The van der Waals surface area contributed by atoms with E-state index in [4.69, 9.17) is 21.1 Å². The molecule has 19 heavy (non-hydrogen) atoms. The number of benzene rings is 1. The first-order valence-electron chi connectivity index (χ1n) is 5.71. The Hall–Kier alpha value is -0.910. The van der Waals surface area contributed by atoms with Gasteiger partial charge in [-0.25, -0.2) is 0 Å². The second kappa shape index (κ2) is 5.23. The number of ether oxygens (including phenoxy) is 2. The molecule has 0 unspecified atom stereocenters. The van der Waals surface area contributed by atoms with Crippen molar-refractivity contribution < 1.29 is 9.47 Å². The first-order chi connectivity index (χ1) is 9.13. The molecule has 0 saturated heterocycles. The summed E-state index contributed by atoms with van der Waals surface area (Å²) in [6, 6.07) is 5.77. The summed E-state index contributed by atoms with van der Waals surface area (Å²) in [6.45, 7) is 3.08. The molecule has 1 aliphatic heterocycles. The average molecular weight is 361 g/mol. The molecule has 0 amide bonds. The summed E-state index contributed by atoms with van der Waals surface area (Å²) in [5.74, 6) is 1.43. The zero-order chi connectivity index (χ0) is 13.4. The van der Waals surface area contributed by atoms with Crippen molar-refractivity contribution in [3.05, 3.63) is 37.4 Å². The molecule has 0 fully saturated rings. The van der Waals surface area contributed by atoms with Crippen molar-refractivity contribution in [1.29, 1.82) is 0 Å². The molecule has 100 valence electrons. The maximum Gasteiger partial charge on any atom is 0.231 e. The molecule has 1 N–H and O–H groups in total. The fourth-order valence-corrected chi connectivity index (χ4v) is 3.60. The lowest BCUT2D eigenvalue weighted by Crippen LogP contribution is -1.98. The van der Waals surface area contributed by atoms with Gasteiger partial charge in [-0.3, -0.25) is 0 Å². The highest BCUT2D eigenvalue weighted by Gasteiger charge is 2.16. The predicted molar refractivity (Wildman–Crippen MR) is 81.7 cm³/mol. The minimum Gasteiger partial charge on any atom is -0.454 e. The van der Waals surface area contributed by atoms with Crippen LogP contribution >= 0.6 is 38.9 Å². The Labute approximate surface area is 128 Å². The van der Waals surface area contributed by atoms with Crippen LogP contribution in [0.5, 0.6) is 11.5 Å². The molecule has 2 aromatic rings. The Morgan fingerprint density at radius 3 is 2.74 bits per heavy atom. The molecule has 1 aromatic carbocycles. The molecule has 3 rings (SSSR count). The first kappa shape index (κ1) is 13.1. The Morgan fingerprint density at radius 1 is 1.32 bits per heavy atom. The quantitative estimate of drug-likeness (QED) is 0.852. The van der Waals surface area contributed by atoms with E-state index in [2.05, 4.69) is 34.2 Å². The van der Waals surface area contributed by atoms with Gasteiger partial charge in [0.05, 0.1) is 10.7 Å². The van der Waals surface area contributed by atoms with Gasteiger partial charge in [-0.2, -0.15) is 0 Å². The largest absolute Gasteiger partial charge is 0.454 e. The minimum atomic E-state index is 0.256. The van der Waals surface area contributed by atoms with Gasteiger partial charge in [-0.15, -0.1) is 11.3 Å². The fraction of sp³-hybridized carbons (Fsp3) is 0.231. The van der Waals surface area contributed by atoms with Crippen LogP contribution in [0.4, 0.5) is 5.69 Å². The number of fused-ring (bicyclic) bond motifs is 1. The second-order valence-electron chi connectivity index (χ2n) is 4.16. The summed E-state index contributed by atoms with van der Waals surface area (Å²) >= 11 is 11.5. The van der Waals surface area contributed by atoms with Crippen molar-refractivity contribution in [2.24, 2.45) is 0 Å². The number of rotatable bonds is 3. The maximum absolute atomic E-state index is 6.21. The van der Waals surface area contributed by atoms with Crippen molar-refractivity contribution in [1.82, 2.24) is 0 Å². The molecule has 0 atom stereocenters. The van der Waals surface area contributed by atoms with E-state index in [0.717, 1.165) is 22.5 Å². The van der Waals surface area contributed by atoms with E-state index in [0.29, 0.717) is 10.8 Å². The highest BCUT2D eigenvalue weighted by Crippen LogP contribution is 2.39. The summed E-state index contributed by atoms with van der Waals surface area (Å²) in [4.78, 5) is 2.52. The summed E-state index contributed by atoms with van der Waals surface area (Å²) < 4.78 is 11.8. The van der Waals surface area contributed by atoms with Gasteiger partial charge in [0.15, 0.2) is 11.5 Å². The third-order valence-corrected chi connectivity index (χ3v) is 5.27. The van der Waals surface area contributed by atoms with Crippen LogP contribution < -0.4 is 14.8 Å². The molecule has 0 saturated carbocycles. The number of hydrogen-bond donors (Lipinski definition) is 1. The van der Waals surface area contributed by atoms with Gasteiger partial charge in [0.1, 0.15) is 0 Å². The van der Waals surface area contributed by atoms with Gasteiger partial charge >= 0.3 is 0 Å². The molecule has 0 spiro atoms. The Balaban J connectivity index is 1.76. The van der Waals surface area contributed by atoms with E-state index in [-0.39, 0.29) is 6.79 Å². The zero-order valence-corrected chi connectivity index (χ0v) is 13.3. The van der Waals surface area contributed by atoms with Crippen molar-refractivity contribution in [2.45, 2.75) is 13.5 Å². The van der Waals surface area contributed by atoms with Crippen LogP contribution in [-0.2, 0) is 6.54 Å². The van der Waals surface area contributed by atoms with Crippen LogP contribution in [-0.4, -0.2) is 6.79 Å². The van der Waals surface area contributed by atoms with E-state index < -0.39 is 0 Å². The average Bonchev–Trinajstić information content (AvgIpc) is 2.93. The van der Waals surface area contributed by atoms with Gasteiger partial charge < -0.3 is 14.8 Å². The van der Waals surface area contributed by atoms with Crippen molar-refractivity contribution in [3.8, 4) is 11.5 Å². The lowest BCUT2D eigenvalue weighted by atomic mass is 10.2. The lowest BCUT2D eigenvalue weighted by Gasteiger charge is -2.08. The molecular weight excluding hydrogens is 350 g/mol. The number of hydrogen-bond acceptors (Lipinski definition) is 4. The van der Waals surface area contributed by atoms with Crippen molar-refractivity contribution in [3.63, 3.8) is 0 Å². The van der Waals surface area contributed by atoms with Crippen LogP contribution in [0.3, 0.4) is 0 Å². The normalized spacial score (nSPS) is 12.8. The second-order valence-corrected chi connectivity index (χ2v) is 6.76. The van der Waals surface area contributed by atoms with Gasteiger partial charge in [0.25, 0.3) is 0 Å². The standard InChI is InChI=1S/C13H11BrClNO2S/c1-7-9(14)2-8(19-7)5-16-11-4-13-12(3-10(11)15)17-6-18-13/h2-4,16H,5-6H2,1H3. The summed E-state index contributed by atoms with van der Waals surface area (Å²) in [5, 5.41) is 3.96. The lowest BCUT2D eigenvalue weighted by molar-refractivity contribution is 0.174. The van der Waals surface area contributed by atoms with Crippen molar-refractivity contribution >= 4 is 44.6 Å². The molecule has 0 radical (unpaired) electrons. The van der Waals surface area contributed by atoms with Crippen LogP contribution in [0.2, 0.25) is 5.02 Å². The highest BCUT2D eigenvalue weighted by molar-refractivity contribution is 9.10. The predicted octanol–water partition coefficient (Wildman–Crippen LogP) is 4.81. The summed E-state index contributed by atoms with van der Waals surface area (Å²) in [5.41, 5.74) is 0.855. The van der Waals surface area contributed by atoms with E-state index >= 15 is 0 Å². The SMILES string of the molecule is Cc1sc(CNc2cc3c(cc2Cl)OCO3)cc1Br. The van der Waals surface area contributed by atoms with Crippen LogP contribution in [0.15, 0.2) is 22.7 Å². The van der Waals surface area contributed by atoms with E-state index in [9.17, 15) is 0 Å². The Morgan fingerprint density at radius 2 is 2.05 bits per heavy atom. The van der Waals surface area contributed by atoms with E-state index in [1.807, 2.05) is 6.07 Å². The number of halogens is 2. The highest BCUT2D eigenvalue weighted by atomic mass is 79.9.